The van der Waals surface area contributed by atoms with Crippen molar-refractivity contribution in [3.05, 3.63) is 87.0 Å². The molecule has 2 aromatic carbocycles. The maximum Gasteiger partial charge on any atom is 0.283 e. The summed E-state index contributed by atoms with van der Waals surface area (Å²) < 4.78 is 14.8. The van der Waals surface area contributed by atoms with Crippen molar-refractivity contribution in [1.29, 1.82) is 0 Å². The van der Waals surface area contributed by atoms with Crippen molar-refractivity contribution in [3.8, 4) is 5.69 Å². The summed E-state index contributed by atoms with van der Waals surface area (Å²) in [7, 11) is 0. The fraction of sp³-hybridized carbons (Fsp3) is 0.136. The minimum absolute atomic E-state index is 0.00676. The van der Waals surface area contributed by atoms with E-state index in [0.29, 0.717) is 27.4 Å². The summed E-state index contributed by atoms with van der Waals surface area (Å²) >= 11 is 6.94. The van der Waals surface area contributed by atoms with Crippen molar-refractivity contribution in [2.75, 3.05) is 5.75 Å². The highest BCUT2D eigenvalue weighted by atomic mass is 35.5. The molecule has 0 aliphatic rings. The fourth-order valence-electron chi connectivity index (χ4n) is 3.11. The number of aromatic amines is 1. The molecule has 0 saturated heterocycles. The van der Waals surface area contributed by atoms with Gasteiger partial charge in [-0.15, -0.1) is 0 Å². The first-order valence-electron chi connectivity index (χ1n) is 9.43. The number of carbonyl (C=O) groups is 1. The summed E-state index contributed by atoms with van der Waals surface area (Å²) in [6.45, 7) is 2.07. The molecular formula is C22H18ClFN4O2S. The summed E-state index contributed by atoms with van der Waals surface area (Å²) in [5, 5.41) is 3.19. The van der Waals surface area contributed by atoms with Crippen LogP contribution in [-0.2, 0) is 11.3 Å². The predicted molar refractivity (Wildman–Crippen MR) is 120 cm³/mol. The molecule has 2 aromatic heterocycles. The Morgan fingerprint density at radius 2 is 2.00 bits per heavy atom. The Morgan fingerprint density at radius 3 is 2.74 bits per heavy atom. The van der Waals surface area contributed by atoms with Crippen molar-refractivity contribution >= 4 is 40.3 Å². The van der Waals surface area contributed by atoms with Crippen molar-refractivity contribution in [2.45, 2.75) is 18.6 Å². The number of fused-ring (bicyclic) bond motifs is 1. The molecule has 0 radical (unpaired) electrons. The minimum Gasteiger partial charge on any atom is -0.353 e. The number of halogens is 2. The summed E-state index contributed by atoms with van der Waals surface area (Å²) in [6, 6.07) is 15.2. The number of aromatic nitrogens is 3. The first kappa shape index (κ1) is 21.1. The second-order valence-electron chi connectivity index (χ2n) is 6.90. The smallest absolute Gasteiger partial charge is 0.283 e. The number of H-pyrrole nitrogens is 1. The number of para-hydroxylation sites is 1. The monoisotopic (exact) mass is 456 g/mol. The lowest BCUT2D eigenvalue weighted by atomic mass is 10.2. The largest absolute Gasteiger partial charge is 0.353 e. The molecule has 9 heteroatoms. The third kappa shape index (κ3) is 4.65. The minimum atomic E-state index is -0.507. The third-order valence-corrected chi connectivity index (χ3v) is 5.80. The lowest BCUT2D eigenvalue weighted by Gasteiger charge is -2.12. The molecule has 0 saturated carbocycles. The summed E-state index contributed by atoms with van der Waals surface area (Å²) in [5.41, 5.74) is 2.93. The fourth-order valence-corrected chi connectivity index (χ4v) is 4.16. The van der Waals surface area contributed by atoms with Crippen LogP contribution in [0.2, 0.25) is 5.02 Å². The topological polar surface area (TPSA) is 79.8 Å². The Labute approximate surface area is 186 Å². The predicted octanol–water partition coefficient (Wildman–Crippen LogP) is 4.22. The van der Waals surface area contributed by atoms with E-state index in [-0.39, 0.29) is 28.8 Å². The van der Waals surface area contributed by atoms with E-state index in [1.807, 2.05) is 37.3 Å². The molecule has 0 fully saturated rings. The number of aryl methyl sites for hydroxylation is 1. The van der Waals surface area contributed by atoms with Crippen LogP contribution in [0.25, 0.3) is 16.7 Å². The van der Waals surface area contributed by atoms with E-state index in [0.717, 1.165) is 5.69 Å². The SMILES string of the molecule is Cc1cc2nc(SCC(=O)NCc3ccc(F)c(Cl)c3)n(-c3ccccc3)c(=O)c2[nH]1. The Bertz CT molecular complexity index is 1320. The van der Waals surface area contributed by atoms with E-state index in [1.54, 1.807) is 12.1 Å². The van der Waals surface area contributed by atoms with E-state index in [2.05, 4.69) is 15.3 Å². The van der Waals surface area contributed by atoms with Gasteiger partial charge in [0, 0.05) is 12.2 Å². The van der Waals surface area contributed by atoms with Gasteiger partial charge in [0.2, 0.25) is 5.91 Å². The summed E-state index contributed by atoms with van der Waals surface area (Å²) in [5.74, 6) is -0.694. The van der Waals surface area contributed by atoms with Crippen LogP contribution in [0, 0.1) is 12.7 Å². The molecule has 0 aliphatic heterocycles. The quantitative estimate of drug-likeness (QED) is 0.336. The van der Waals surface area contributed by atoms with Crippen LogP contribution in [-0.4, -0.2) is 26.2 Å². The van der Waals surface area contributed by atoms with Gasteiger partial charge in [0.15, 0.2) is 5.16 Å². The molecule has 1 amide bonds. The van der Waals surface area contributed by atoms with Crippen LogP contribution in [0.5, 0.6) is 0 Å². The number of rotatable bonds is 6. The van der Waals surface area contributed by atoms with E-state index < -0.39 is 5.82 Å². The zero-order chi connectivity index (χ0) is 22.0. The van der Waals surface area contributed by atoms with Crippen LogP contribution in [0.3, 0.4) is 0 Å². The highest BCUT2D eigenvalue weighted by molar-refractivity contribution is 7.99. The number of nitrogens with one attached hydrogen (secondary N) is 2. The van der Waals surface area contributed by atoms with Gasteiger partial charge < -0.3 is 10.3 Å². The second kappa shape index (κ2) is 8.95. The highest BCUT2D eigenvalue weighted by Gasteiger charge is 2.16. The van der Waals surface area contributed by atoms with Crippen LogP contribution in [0.15, 0.2) is 64.5 Å². The number of hydrogen-bond donors (Lipinski definition) is 2. The Balaban J connectivity index is 1.55. The normalized spacial score (nSPS) is 11.1. The van der Waals surface area contributed by atoms with Crippen molar-refractivity contribution < 1.29 is 9.18 Å². The number of nitrogens with zero attached hydrogens (tertiary/aromatic N) is 2. The van der Waals surface area contributed by atoms with E-state index in [9.17, 15) is 14.0 Å². The molecule has 0 unspecified atom stereocenters. The maximum atomic E-state index is 13.3. The molecule has 2 heterocycles. The van der Waals surface area contributed by atoms with E-state index in [4.69, 9.17) is 11.6 Å². The van der Waals surface area contributed by atoms with Gasteiger partial charge in [0.1, 0.15) is 11.3 Å². The first-order valence-corrected chi connectivity index (χ1v) is 10.8. The highest BCUT2D eigenvalue weighted by Crippen LogP contribution is 2.22. The zero-order valence-electron chi connectivity index (χ0n) is 16.5. The van der Waals surface area contributed by atoms with E-state index in [1.165, 1.54) is 28.5 Å². The lowest BCUT2D eigenvalue weighted by molar-refractivity contribution is -0.118. The molecule has 6 nitrogen and oxygen atoms in total. The molecule has 0 atom stereocenters. The number of carbonyl (C=O) groups excluding carboxylic acids is 1. The van der Waals surface area contributed by atoms with Gasteiger partial charge in [0.25, 0.3) is 5.56 Å². The van der Waals surface area contributed by atoms with Crippen molar-refractivity contribution in [1.82, 2.24) is 19.9 Å². The Morgan fingerprint density at radius 1 is 1.23 bits per heavy atom. The Kier molecular flexibility index (Phi) is 6.11. The molecule has 4 rings (SSSR count). The van der Waals surface area contributed by atoms with Crippen LogP contribution in [0.1, 0.15) is 11.3 Å². The van der Waals surface area contributed by atoms with Crippen LogP contribution < -0.4 is 10.9 Å². The molecule has 0 bridgehead atoms. The van der Waals surface area contributed by atoms with Crippen molar-refractivity contribution in [2.24, 2.45) is 0 Å². The van der Waals surface area contributed by atoms with Gasteiger partial charge in [-0.2, -0.15) is 0 Å². The lowest BCUT2D eigenvalue weighted by Crippen LogP contribution is -2.26. The zero-order valence-corrected chi connectivity index (χ0v) is 18.1. The van der Waals surface area contributed by atoms with Gasteiger partial charge >= 0.3 is 0 Å². The number of hydrogen-bond acceptors (Lipinski definition) is 4. The number of benzene rings is 2. The summed E-state index contributed by atoms with van der Waals surface area (Å²) in [4.78, 5) is 33.1. The van der Waals surface area contributed by atoms with Gasteiger partial charge in [-0.05, 0) is 42.8 Å². The molecule has 158 valence electrons. The van der Waals surface area contributed by atoms with Gasteiger partial charge in [-0.3, -0.25) is 14.2 Å². The standard InChI is InChI=1S/C22H18ClFN4O2S/c1-13-9-18-20(26-13)21(30)28(15-5-3-2-4-6-15)22(27-18)31-12-19(29)25-11-14-7-8-17(24)16(23)10-14/h2-10,26H,11-12H2,1H3,(H,25,29). The average molecular weight is 457 g/mol. The van der Waals surface area contributed by atoms with Crippen LogP contribution >= 0.6 is 23.4 Å². The molecule has 0 spiro atoms. The maximum absolute atomic E-state index is 13.3. The second-order valence-corrected chi connectivity index (χ2v) is 8.25. The Hall–Kier alpha value is -3.10. The van der Waals surface area contributed by atoms with Crippen molar-refractivity contribution in [3.63, 3.8) is 0 Å². The molecule has 2 N–H and O–H groups in total. The molecule has 31 heavy (non-hydrogen) atoms. The molecular weight excluding hydrogens is 439 g/mol. The van der Waals surface area contributed by atoms with Crippen LogP contribution in [0.4, 0.5) is 4.39 Å². The number of thioether (sulfide) groups is 1. The van der Waals surface area contributed by atoms with Gasteiger partial charge in [-0.1, -0.05) is 47.6 Å². The molecule has 4 aromatic rings. The van der Waals surface area contributed by atoms with Gasteiger partial charge in [0.05, 0.1) is 22.0 Å². The first-order chi connectivity index (χ1) is 14.9. The number of amides is 1. The van der Waals surface area contributed by atoms with E-state index >= 15 is 0 Å². The summed E-state index contributed by atoms with van der Waals surface area (Å²) in [6.07, 6.45) is 0. The average Bonchev–Trinajstić information content (AvgIpc) is 3.14. The third-order valence-electron chi connectivity index (χ3n) is 4.58. The van der Waals surface area contributed by atoms with Gasteiger partial charge in [-0.25, -0.2) is 9.37 Å². The molecule has 0 aliphatic carbocycles.